The molecule has 0 N–H and O–H groups in total. The molecule has 4 rings (SSSR count). The van der Waals surface area contributed by atoms with Gasteiger partial charge in [0.05, 0.1) is 4.90 Å². The molecule has 0 radical (unpaired) electrons. The first-order chi connectivity index (χ1) is 13.4. The van der Waals surface area contributed by atoms with Gasteiger partial charge in [-0.25, -0.2) is 8.42 Å². The molecule has 0 amide bonds. The van der Waals surface area contributed by atoms with Crippen molar-refractivity contribution < 1.29 is 13.2 Å². The summed E-state index contributed by atoms with van der Waals surface area (Å²) in [6.07, 6.45) is 5.81. The van der Waals surface area contributed by atoms with E-state index >= 15 is 0 Å². The number of sulfonamides is 1. The van der Waals surface area contributed by atoms with Crippen LogP contribution in [0.5, 0.6) is 0 Å². The van der Waals surface area contributed by atoms with E-state index in [1.165, 1.54) is 0 Å². The van der Waals surface area contributed by atoms with Crippen LogP contribution in [0.2, 0.25) is 0 Å². The molecule has 1 aromatic carbocycles. The Morgan fingerprint density at radius 3 is 2.32 bits per heavy atom. The maximum atomic E-state index is 13.2. The predicted octanol–water partition coefficient (Wildman–Crippen LogP) is 3.95. The van der Waals surface area contributed by atoms with E-state index in [9.17, 15) is 8.42 Å². The van der Waals surface area contributed by atoms with Gasteiger partial charge in [-0.1, -0.05) is 12.1 Å². The van der Waals surface area contributed by atoms with Crippen molar-refractivity contribution in [2.75, 3.05) is 26.3 Å². The van der Waals surface area contributed by atoms with Gasteiger partial charge in [0.1, 0.15) is 0 Å². The molecular formula is C22H28N2O3S. The Morgan fingerprint density at radius 2 is 1.71 bits per heavy atom. The highest BCUT2D eigenvalue weighted by molar-refractivity contribution is 7.89. The molecule has 0 aliphatic carbocycles. The van der Waals surface area contributed by atoms with Gasteiger partial charge in [-0.2, -0.15) is 4.31 Å². The summed E-state index contributed by atoms with van der Waals surface area (Å²) in [5.41, 5.74) is 4.22. The van der Waals surface area contributed by atoms with Crippen LogP contribution in [-0.2, 0) is 14.8 Å². The third-order valence-corrected chi connectivity index (χ3v) is 8.29. The Bertz CT molecular complexity index is 938. The van der Waals surface area contributed by atoms with Crippen LogP contribution in [0.3, 0.4) is 0 Å². The molecule has 28 heavy (non-hydrogen) atoms. The number of hydrogen-bond donors (Lipinski definition) is 0. The number of nitrogens with zero attached hydrogens (tertiary/aromatic N) is 2. The summed E-state index contributed by atoms with van der Waals surface area (Å²) in [6.45, 7) is 6.73. The Balaban J connectivity index is 1.53. The van der Waals surface area contributed by atoms with Crippen LogP contribution < -0.4 is 0 Å². The second-order valence-electron chi connectivity index (χ2n) is 8.18. The van der Waals surface area contributed by atoms with Gasteiger partial charge in [0.25, 0.3) is 0 Å². The Morgan fingerprint density at radius 1 is 1.00 bits per heavy atom. The van der Waals surface area contributed by atoms with E-state index in [0.717, 1.165) is 61.3 Å². The molecule has 2 saturated heterocycles. The zero-order valence-corrected chi connectivity index (χ0v) is 17.5. The monoisotopic (exact) mass is 400 g/mol. The molecule has 5 nitrogen and oxygen atoms in total. The van der Waals surface area contributed by atoms with Gasteiger partial charge in [-0.3, -0.25) is 4.98 Å². The smallest absolute Gasteiger partial charge is 0.243 e. The van der Waals surface area contributed by atoms with Gasteiger partial charge in [0.2, 0.25) is 10.0 Å². The van der Waals surface area contributed by atoms with Crippen LogP contribution >= 0.6 is 0 Å². The number of pyridine rings is 1. The minimum absolute atomic E-state index is 0.280. The highest BCUT2D eigenvalue weighted by Crippen LogP contribution is 2.41. The molecule has 2 fully saturated rings. The Labute approximate surface area is 167 Å². The summed E-state index contributed by atoms with van der Waals surface area (Å²) < 4.78 is 33.5. The summed E-state index contributed by atoms with van der Waals surface area (Å²) in [5, 5.41) is 0. The van der Waals surface area contributed by atoms with E-state index in [1.807, 2.05) is 38.2 Å². The predicted molar refractivity (Wildman–Crippen MR) is 110 cm³/mol. The molecular weight excluding hydrogens is 372 g/mol. The van der Waals surface area contributed by atoms with Gasteiger partial charge in [0, 0.05) is 43.8 Å². The van der Waals surface area contributed by atoms with Crippen molar-refractivity contribution >= 4 is 10.0 Å². The van der Waals surface area contributed by atoms with Crippen molar-refractivity contribution in [2.24, 2.45) is 5.41 Å². The second kappa shape index (κ2) is 7.58. The number of hydrogen-bond acceptors (Lipinski definition) is 4. The van der Waals surface area contributed by atoms with Crippen LogP contribution in [-0.4, -0.2) is 44.0 Å². The van der Waals surface area contributed by atoms with E-state index in [2.05, 4.69) is 4.98 Å². The van der Waals surface area contributed by atoms with Gasteiger partial charge in [-0.15, -0.1) is 0 Å². The van der Waals surface area contributed by atoms with Crippen LogP contribution in [0.4, 0.5) is 0 Å². The molecule has 1 spiro atoms. The minimum atomic E-state index is -3.46. The highest BCUT2D eigenvalue weighted by atomic mass is 32.2. The third-order valence-electron chi connectivity index (χ3n) is 6.39. The van der Waals surface area contributed by atoms with Crippen LogP contribution in [0, 0.1) is 19.3 Å². The number of piperidine rings is 1. The lowest BCUT2D eigenvalue weighted by molar-refractivity contribution is -0.00999. The standard InChI is InChI=1S/C22H28N2O3S/c1-17-15-20(5-6-21(17)19-4-3-18(2)23-16-19)28(25,26)24-11-7-22(8-12-24)9-13-27-14-10-22/h3-6,15-16H,7-14H2,1-2H3. The summed E-state index contributed by atoms with van der Waals surface area (Å²) in [4.78, 5) is 4.73. The van der Waals surface area contributed by atoms with Crippen molar-refractivity contribution in [3.8, 4) is 11.1 Å². The number of benzene rings is 1. The normalized spacial score (nSPS) is 20.4. The molecule has 2 aliphatic rings. The SMILES string of the molecule is Cc1ccc(-c2ccc(S(=O)(=O)N3CCC4(CCOCC4)CC3)cc2C)cn1. The molecule has 3 heterocycles. The summed E-state index contributed by atoms with van der Waals surface area (Å²) in [5.74, 6) is 0. The van der Waals surface area contributed by atoms with E-state index < -0.39 is 10.0 Å². The molecule has 2 aliphatic heterocycles. The van der Waals surface area contributed by atoms with Crippen molar-refractivity contribution in [2.45, 2.75) is 44.4 Å². The lowest BCUT2D eigenvalue weighted by Crippen LogP contribution is -2.45. The maximum Gasteiger partial charge on any atom is 0.243 e. The van der Waals surface area contributed by atoms with Crippen molar-refractivity contribution in [1.82, 2.24) is 9.29 Å². The van der Waals surface area contributed by atoms with Crippen molar-refractivity contribution in [1.29, 1.82) is 0 Å². The number of rotatable bonds is 3. The lowest BCUT2D eigenvalue weighted by atomic mass is 9.73. The third kappa shape index (κ3) is 3.73. The van der Waals surface area contributed by atoms with Gasteiger partial charge in [0.15, 0.2) is 0 Å². The van der Waals surface area contributed by atoms with Gasteiger partial charge in [-0.05, 0) is 74.3 Å². The fourth-order valence-corrected chi connectivity index (χ4v) is 5.93. The zero-order valence-electron chi connectivity index (χ0n) is 16.6. The molecule has 0 bridgehead atoms. The number of aromatic nitrogens is 1. The molecule has 150 valence electrons. The lowest BCUT2D eigenvalue weighted by Gasteiger charge is -2.43. The second-order valence-corrected chi connectivity index (χ2v) is 10.1. The van der Waals surface area contributed by atoms with Crippen LogP contribution in [0.25, 0.3) is 11.1 Å². The van der Waals surface area contributed by atoms with E-state index in [-0.39, 0.29) is 5.41 Å². The first-order valence-electron chi connectivity index (χ1n) is 10.0. The first kappa shape index (κ1) is 19.6. The molecule has 0 unspecified atom stereocenters. The average Bonchev–Trinajstić information content (AvgIpc) is 2.70. The molecule has 1 aromatic heterocycles. The molecule has 0 atom stereocenters. The quantitative estimate of drug-likeness (QED) is 0.783. The number of aryl methyl sites for hydroxylation is 2. The Hall–Kier alpha value is -1.76. The fourth-order valence-electron chi connectivity index (χ4n) is 4.40. The minimum Gasteiger partial charge on any atom is -0.381 e. The summed E-state index contributed by atoms with van der Waals surface area (Å²) in [7, 11) is -3.46. The van der Waals surface area contributed by atoms with E-state index in [4.69, 9.17) is 4.74 Å². The highest BCUT2D eigenvalue weighted by Gasteiger charge is 2.39. The largest absolute Gasteiger partial charge is 0.381 e. The summed E-state index contributed by atoms with van der Waals surface area (Å²) in [6, 6.07) is 9.42. The van der Waals surface area contributed by atoms with E-state index in [0.29, 0.717) is 18.0 Å². The van der Waals surface area contributed by atoms with Crippen LogP contribution in [0.15, 0.2) is 41.4 Å². The Kier molecular flexibility index (Phi) is 5.29. The molecule has 6 heteroatoms. The summed E-state index contributed by atoms with van der Waals surface area (Å²) >= 11 is 0. The first-order valence-corrected chi connectivity index (χ1v) is 11.5. The van der Waals surface area contributed by atoms with Crippen LogP contribution in [0.1, 0.15) is 36.9 Å². The maximum absolute atomic E-state index is 13.2. The van der Waals surface area contributed by atoms with Crippen molar-refractivity contribution in [3.63, 3.8) is 0 Å². The van der Waals surface area contributed by atoms with Gasteiger partial charge >= 0.3 is 0 Å². The average molecular weight is 401 g/mol. The van der Waals surface area contributed by atoms with Crippen molar-refractivity contribution in [3.05, 3.63) is 47.8 Å². The fraction of sp³-hybridized carbons (Fsp3) is 0.500. The topological polar surface area (TPSA) is 59.5 Å². The molecule has 0 saturated carbocycles. The van der Waals surface area contributed by atoms with Gasteiger partial charge < -0.3 is 4.74 Å². The molecule has 2 aromatic rings. The zero-order chi connectivity index (χ0) is 19.8. The van der Waals surface area contributed by atoms with E-state index in [1.54, 1.807) is 16.4 Å². The number of ether oxygens (including phenoxy) is 1.